The van der Waals surface area contributed by atoms with Gasteiger partial charge in [-0.05, 0) is 53.0 Å². The second kappa shape index (κ2) is 11.1. The first-order valence-electron chi connectivity index (χ1n) is 8.80. The molecule has 1 saturated heterocycles. The predicted octanol–water partition coefficient (Wildman–Crippen LogP) is 4.45. The molecule has 2 N–H and O–H groups in total. The van der Waals surface area contributed by atoms with Crippen LogP contribution in [0.5, 0.6) is 0 Å². The number of nitrogens with one attached hydrogen (secondary N) is 2. The molecule has 1 aliphatic rings. The number of halogens is 3. The number of nitrogens with zero attached hydrogens (tertiary/aromatic N) is 3. The number of benzene rings is 1. The minimum absolute atomic E-state index is 0. The SMILES string of the molecule is CCNC(=NCc1ccc(Cl)nc1)NC1CCN(c2ccccc2Br)C1.I. The van der Waals surface area contributed by atoms with Crippen LogP contribution in [0.2, 0.25) is 5.15 Å². The number of aromatic nitrogens is 1. The molecule has 0 radical (unpaired) electrons. The van der Waals surface area contributed by atoms with Gasteiger partial charge in [0.25, 0.3) is 0 Å². The Labute approximate surface area is 191 Å². The van der Waals surface area contributed by atoms with Crippen LogP contribution in [-0.2, 0) is 6.54 Å². The molecular formula is C19H24BrClIN5. The number of hydrogen-bond acceptors (Lipinski definition) is 3. The molecule has 1 unspecified atom stereocenters. The molecule has 0 saturated carbocycles. The number of rotatable bonds is 5. The Morgan fingerprint density at radius 1 is 1.33 bits per heavy atom. The molecule has 2 aromatic rings. The Balaban J connectivity index is 0.00000261. The van der Waals surface area contributed by atoms with Gasteiger partial charge in [-0.25, -0.2) is 9.98 Å². The van der Waals surface area contributed by atoms with E-state index in [0.717, 1.165) is 42.1 Å². The van der Waals surface area contributed by atoms with Gasteiger partial charge in [-0.15, -0.1) is 24.0 Å². The fourth-order valence-corrected chi connectivity index (χ4v) is 3.64. The molecule has 2 heterocycles. The molecule has 5 nitrogen and oxygen atoms in total. The highest BCUT2D eigenvalue weighted by molar-refractivity contribution is 14.0. The van der Waals surface area contributed by atoms with Crippen LogP contribution in [0, 0.1) is 0 Å². The molecule has 0 bridgehead atoms. The van der Waals surface area contributed by atoms with Crippen LogP contribution in [0.25, 0.3) is 0 Å². The van der Waals surface area contributed by atoms with Crippen LogP contribution in [0.4, 0.5) is 5.69 Å². The van der Waals surface area contributed by atoms with Gasteiger partial charge in [0, 0.05) is 36.3 Å². The number of hydrogen-bond donors (Lipinski definition) is 2. The van der Waals surface area contributed by atoms with Crippen molar-refractivity contribution < 1.29 is 0 Å². The third kappa shape index (κ3) is 6.50. The van der Waals surface area contributed by atoms with Gasteiger partial charge in [0.2, 0.25) is 0 Å². The average Bonchev–Trinajstić information content (AvgIpc) is 3.10. The second-order valence-electron chi connectivity index (χ2n) is 6.21. The maximum absolute atomic E-state index is 5.83. The first kappa shape index (κ1) is 22.2. The summed E-state index contributed by atoms with van der Waals surface area (Å²) < 4.78 is 1.14. The number of guanidine groups is 1. The monoisotopic (exact) mass is 563 g/mol. The molecule has 8 heteroatoms. The van der Waals surface area contributed by atoms with Crippen molar-refractivity contribution in [3.63, 3.8) is 0 Å². The maximum atomic E-state index is 5.83. The zero-order chi connectivity index (χ0) is 18.4. The Morgan fingerprint density at radius 3 is 2.85 bits per heavy atom. The Bertz CT molecular complexity index is 756. The van der Waals surface area contributed by atoms with Gasteiger partial charge in [-0.2, -0.15) is 0 Å². The third-order valence-corrected chi connectivity index (χ3v) is 5.17. The lowest BCUT2D eigenvalue weighted by Crippen LogP contribution is -2.44. The van der Waals surface area contributed by atoms with Crippen molar-refractivity contribution in [1.82, 2.24) is 15.6 Å². The molecule has 146 valence electrons. The summed E-state index contributed by atoms with van der Waals surface area (Å²) in [5, 5.41) is 7.38. The van der Waals surface area contributed by atoms with Gasteiger partial charge >= 0.3 is 0 Å². The zero-order valence-corrected chi connectivity index (χ0v) is 19.8. The van der Waals surface area contributed by atoms with Crippen LogP contribution >= 0.6 is 51.5 Å². The van der Waals surface area contributed by atoms with Crippen LogP contribution in [-0.4, -0.2) is 36.6 Å². The predicted molar refractivity (Wildman–Crippen MR) is 127 cm³/mol. The van der Waals surface area contributed by atoms with Crippen molar-refractivity contribution in [3.05, 3.63) is 57.8 Å². The Kier molecular flexibility index (Phi) is 9.11. The summed E-state index contributed by atoms with van der Waals surface area (Å²) in [5.41, 5.74) is 2.28. The van der Waals surface area contributed by atoms with E-state index < -0.39 is 0 Å². The van der Waals surface area contributed by atoms with Gasteiger partial charge in [-0.3, -0.25) is 0 Å². The minimum Gasteiger partial charge on any atom is -0.368 e. The molecule has 1 aromatic heterocycles. The standard InChI is InChI=1S/C19H23BrClN5.HI/c1-2-22-19(24-12-14-7-8-18(21)23-11-14)25-15-9-10-26(13-15)17-6-4-3-5-16(17)20;/h3-8,11,15H,2,9-10,12-13H2,1H3,(H2,22,24,25);1H. The van der Waals surface area contributed by atoms with Crippen LogP contribution in [0.1, 0.15) is 18.9 Å². The molecule has 0 amide bonds. The van der Waals surface area contributed by atoms with E-state index in [9.17, 15) is 0 Å². The molecule has 3 rings (SSSR count). The van der Waals surface area contributed by atoms with Gasteiger partial charge in [0.1, 0.15) is 5.15 Å². The van der Waals surface area contributed by atoms with Crippen molar-refractivity contribution in [2.75, 3.05) is 24.5 Å². The number of aliphatic imine (C=N–C) groups is 1. The van der Waals surface area contributed by atoms with Crippen molar-refractivity contribution in [2.24, 2.45) is 4.99 Å². The topological polar surface area (TPSA) is 52.6 Å². The summed E-state index contributed by atoms with van der Waals surface area (Å²) in [7, 11) is 0. The fourth-order valence-electron chi connectivity index (χ4n) is 2.99. The first-order chi connectivity index (χ1) is 12.7. The van der Waals surface area contributed by atoms with E-state index in [-0.39, 0.29) is 24.0 Å². The number of pyridine rings is 1. The van der Waals surface area contributed by atoms with Crippen LogP contribution < -0.4 is 15.5 Å². The Morgan fingerprint density at radius 2 is 2.15 bits per heavy atom. The highest BCUT2D eigenvalue weighted by atomic mass is 127. The lowest BCUT2D eigenvalue weighted by Gasteiger charge is -2.21. The molecule has 1 fully saturated rings. The van der Waals surface area contributed by atoms with Crippen molar-refractivity contribution in [1.29, 1.82) is 0 Å². The largest absolute Gasteiger partial charge is 0.368 e. The summed E-state index contributed by atoms with van der Waals surface area (Å²) in [4.78, 5) is 11.2. The molecular weight excluding hydrogens is 541 g/mol. The highest BCUT2D eigenvalue weighted by Crippen LogP contribution is 2.28. The van der Waals surface area contributed by atoms with E-state index in [4.69, 9.17) is 11.6 Å². The highest BCUT2D eigenvalue weighted by Gasteiger charge is 2.24. The number of para-hydroxylation sites is 1. The first-order valence-corrected chi connectivity index (χ1v) is 9.97. The van der Waals surface area contributed by atoms with Gasteiger partial charge in [-0.1, -0.05) is 29.8 Å². The van der Waals surface area contributed by atoms with Crippen molar-refractivity contribution in [3.8, 4) is 0 Å². The van der Waals surface area contributed by atoms with E-state index in [2.05, 4.69) is 66.6 Å². The quantitative estimate of drug-likeness (QED) is 0.244. The molecule has 1 aromatic carbocycles. The normalized spacial score (nSPS) is 16.8. The second-order valence-corrected chi connectivity index (χ2v) is 7.45. The summed E-state index contributed by atoms with van der Waals surface area (Å²) in [5.74, 6) is 0.835. The maximum Gasteiger partial charge on any atom is 0.191 e. The fraction of sp³-hybridized carbons (Fsp3) is 0.368. The van der Waals surface area contributed by atoms with Gasteiger partial charge < -0.3 is 15.5 Å². The van der Waals surface area contributed by atoms with Crippen LogP contribution in [0.3, 0.4) is 0 Å². The molecule has 0 spiro atoms. The lowest BCUT2D eigenvalue weighted by molar-refractivity contribution is 0.649. The van der Waals surface area contributed by atoms with Crippen molar-refractivity contribution >= 4 is 63.2 Å². The molecule has 1 atom stereocenters. The average molecular weight is 565 g/mol. The molecule has 0 aliphatic carbocycles. The summed E-state index contributed by atoms with van der Waals surface area (Å²) in [6.07, 6.45) is 2.84. The minimum atomic E-state index is 0. The smallest absolute Gasteiger partial charge is 0.191 e. The summed E-state index contributed by atoms with van der Waals surface area (Å²) in [6, 6.07) is 12.5. The summed E-state index contributed by atoms with van der Waals surface area (Å²) in [6.45, 7) is 5.45. The lowest BCUT2D eigenvalue weighted by atomic mass is 10.2. The van der Waals surface area contributed by atoms with E-state index in [0.29, 0.717) is 17.7 Å². The van der Waals surface area contributed by atoms with E-state index in [1.54, 1.807) is 12.3 Å². The molecule has 1 aliphatic heterocycles. The third-order valence-electron chi connectivity index (χ3n) is 4.27. The van der Waals surface area contributed by atoms with Gasteiger partial charge in [0.15, 0.2) is 5.96 Å². The molecule has 27 heavy (non-hydrogen) atoms. The Hall–Kier alpha value is -1.06. The van der Waals surface area contributed by atoms with E-state index >= 15 is 0 Å². The van der Waals surface area contributed by atoms with Crippen LogP contribution in [0.15, 0.2) is 52.1 Å². The zero-order valence-electron chi connectivity index (χ0n) is 15.2. The van der Waals surface area contributed by atoms with E-state index in [1.165, 1.54) is 5.69 Å². The summed E-state index contributed by atoms with van der Waals surface area (Å²) >= 11 is 9.48. The van der Waals surface area contributed by atoms with Gasteiger partial charge in [0.05, 0.1) is 12.2 Å². The van der Waals surface area contributed by atoms with Crippen molar-refractivity contribution in [2.45, 2.75) is 25.9 Å². The van der Waals surface area contributed by atoms with E-state index in [1.807, 2.05) is 12.1 Å². The number of anilines is 1.